The number of methoxy groups -OCH3 is 2. The smallest absolute Gasteiger partial charge is 0.361 e. The zero-order valence-electron chi connectivity index (χ0n) is 20.3. The van der Waals surface area contributed by atoms with Gasteiger partial charge in [0.1, 0.15) is 5.82 Å². The molecule has 188 valence electrons. The summed E-state index contributed by atoms with van der Waals surface area (Å²) in [5.74, 6) is -2.03. The van der Waals surface area contributed by atoms with Gasteiger partial charge in [0.2, 0.25) is 11.6 Å². The molecule has 2 heterocycles. The number of hydrogen-bond acceptors (Lipinski definition) is 8. The van der Waals surface area contributed by atoms with Crippen LogP contribution in [0.2, 0.25) is 0 Å². The van der Waals surface area contributed by atoms with Gasteiger partial charge in [0, 0.05) is 19.6 Å². The lowest BCUT2D eigenvalue weighted by molar-refractivity contribution is -0.125. The van der Waals surface area contributed by atoms with Crippen LogP contribution in [-0.2, 0) is 20.7 Å². The van der Waals surface area contributed by atoms with Crippen molar-refractivity contribution in [3.63, 3.8) is 0 Å². The van der Waals surface area contributed by atoms with Crippen molar-refractivity contribution in [3.8, 4) is 0 Å². The van der Waals surface area contributed by atoms with Crippen LogP contribution in [0.15, 0.2) is 35.9 Å². The molecule has 0 aliphatic carbocycles. The number of benzene rings is 1. The first-order valence-electron chi connectivity index (χ1n) is 11.3. The Morgan fingerprint density at radius 2 is 1.83 bits per heavy atom. The van der Waals surface area contributed by atoms with Crippen LogP contribution in [0.3, 0.4) is 0 Å². The quantitative estimate of drug-likeness (QED) is 0.421. The third kappa shape index (κ3) is 6.30. The van der Waals surface area contributed by atoms with Crippen LogP contribution in [0.25, 0.3) is 0 Å². The second-order valence-electron chi connectivity index (χ2n) is 8.52. The largest absolute Gasteiger partial charge is 0.464 e. The summed E-state index contributed by atoms with van der Waals surface area (Å²) in [4.78, 5) is 39.7. The van der Waals surface area contributed by atoms with Crippen molar-refractivity contribution in [1.82, 2.24) is 25.2 Å². The van der Waals surface area contributed by atoms with Gasteiger partial charge in [0.25, 0.3) is 0 Å². The molecule has 0 spiro atoms. The third-order valence-electron chi connectivity index (χ3n) is 5.84. The molecule has 1 aromatic heterocycles. The summed E-state index contributed by atoms with van der Waals surface area (Å²) in [6.45, 7) is 5.28. The van der Waals surface area contributed by atoms with Crippen LogP contribution in [0, 0.1) is 5.82 Å². The number of carbonyl (C=O) groups excluding carboxylic acids is 3. The lowest BCUT2D eigenvalue weighted by Gasteiger charge is -2.22. The second-order valence-corrected chi connectivity index (χ2v) is 8.52. The monoisotopic (exact) mass is 487 g/mol. The molecule has 2 atom stereocenters. The number of aromatic nitrogens is 3. The zero-order chi connectivity index (χ0) is 25.5. The van der Waals surface area contributed by atoms with E-state index in [0.717, 1.165) is 11.1 Å². The molecule has 0 saturated carbocycles. The minimum atomic E-state index is -0.800. The molecule has 11 heteroatoms. The van der Waals surface area contributed by atoms with Crippen molar-refractivity contribution < 1.29 is 28.2 Å². The first-order chi connectivity index (χ1) is 16.7. The minimum Gasteiger partial charge on any atom is -0.464 e. The number of ether oxygens (including phenoxy) is 2. The van der Waals surface area contributed by atoms with E-state index in [0.29, 0.717) is 32.5 Å². The van der Waals surface area contributed by atoms with E-state index in [1.165, 1.54) is 31.0 Å². The fourth-order valence-electron chi connectivity index (χ4n) is 4.00. The van der Waals surface area contributed by atoms with Gasteiger partial charge in [-0.05, 0) is 44.4 Å². The van der Waals surface area contributed by atoms with Gasteiger partial charge in [-0.3, -0.25) is 9.69 Å². The highest BCUT2D eigenvalue weighted by atomic mass is 19.1. The average Bonchev–Trinajstić information content (AvgIpc) is 3.47. The molecule has 1 amide bonds. The van der Waals surface area contributed by atoms with Gasteiger partial charge in [-0.25, -0.2) is 18.7 Å². The van der Waals surface area contributed by atoms with Crippen molar-refractivity contribution >= 4 is 17.8 Å². The molecule has 1 fully saturated rings. The van der Waals surface area contributed by atoms with Crippen LogP contribution in [-0.4, -0.2) is 77.6 Å². The molecule has 35 heavy (non-hydrogen) atoms. The van der Waals surface area contributed by atoms with E-state index in [1.54, 1.807) is 12.1 Å². The van der Waals surface area contributed by atoms with Gasteiger partial charge < -0.3 is 14.8 Å². The standard InChI is InChI=1S/C24H30FN5O5/c1-15(2)10-12-29-14-18(30-21(24(33)35-4)20(27-28-30)23(32)34-3)13-19(29)22(31)26-11-9-16-5-7-17(25)8-6-16/h5-8,10,18-19H,9,11-14H2,1-4H3,(H,26,31)/t18-,19-/m0/s1. The molecule has 0 bridgehead atoms. The number of carbonyl (C=O) groups is 3. The molecule has 3 rings (SSSR count). The predicted octanol–water partition coefficient (Wildman–Crippen LogP) is 1.93. The van der Waals surface area contributed by atoms with Crippen LogP contribution < -0.4 is 5.32 Å². The molecule has 0 radical (unpaired) electrons. The van der Waals surface area contributed by atoms with Gasteiger partial charge in [-0.1, -0.05) is 29.0 Å². The average molecular weight is 488 g/mol. The van der Waals surface area contributed by atoms with E-state index in [4.69, 9.17) is 9.47 Å². The van der Waals surface area contributed by atoms with Crippen molar-refractivity contribution in [1.29, 1.82) is 0 Å². The van der Waals surface area contributed by atoms with E-state index < -0.39 is 24.0 Å². The summed E-state index contributed by atoms with van der Waals surface area (Å²) in [5, 5.41) is 10.8. The van der Waals surface area contributed by atoms with Crippen LogP contribution in [0.1, 0.15) is 52.9 Å². The summed E-state index contributed by atoms with van der Waals surface area (Å²) in [6, 6.07) is 5.27. The number of hydrogen-bond donors (Lipinski definition) is 1. The molecule has 0 unspecified atom stereocenters. The molecular weight excluding hydrogens is 457 g/mol. The van der Waals surface area contributed by atoms with E-state index >= 15 is 0 Å². The van der Waals surface area contributed by atoms with Gasteiger partial charge in [0.05, 0.1) is 26.3 Å². The Labute approximate surface area is 203 Å². The molecule has 2 aromatic rings. The summed E-state index contributed by atoms with van der Waals surface area (Å²) < 4.78 is 24.0. The van der Waals surface area contributed by atoms with E-state index in [9.17, 15) is 18.8 Å². The highest BCUT2D eigenvalue weighted by Gasteiger charge is 2.40. The van der Waals surface area contributed by atoms with E-state index in [-0.39, 0.29) is 23.1 Å². The number of rotatable bonds is 9. The number of likely N-dealkylation sites (tertiary alicyclic amines) is 1. The molecular formula is C24H30FN5O5. The van der Waals surface area contributed by atoms with Crippen LogP contribution >= 0.6 is 0 Å². The van der Waals surface area contributed by atoms with Gasteiger partial charge in [-0.15, -0.1) is 5.10 Å². The second kappa shape index (κ2) is 11.7. The Kier molecular flexibility index (Phi) is 8.69. The summed E-state index contributed by atoms with van der Waals surface area (Å²) in [7, 11) is 2.39. The number of allylic oxidation sites excluding steroid dienone is 1. The number of amides is 1. The Morgan fingerprint density at radius 3 is 2.46 bits per heavy atom. The predicted molar refractivity (Wildman–Crippen MR) is 124 cm³/mol. The van der Waals surface area contributed by atoms with Crippen molar-refractivity contribution in [2.45, 2.75) is 38.8 Å². The fourth-order valence-corrected chi connectivity index (χ4v) is 4.00. The maximum absolute atomic E-state index is 13.1. The minimum absolute atomic E-state index is 0.108. The fraction of sp³-hybridized carbons (Fsp3) is 0.458. The Bertz CT molecular complexity index is 1090. The molecule has 1 aromatic carbocycles. The molecule has 1 N–H and O–H groups in total. The first-order valence-corrected chi connectivity index (χ1v) is 11.3. The number of halogens is 1. The van der Waals surface area contributed by atoms with E-state index in [1.807, 2.05) is 24.8 Å². The van der Waals surface area contributed by atoms with Crippen molar-refractivity contribution in [3.05, 3.63) is 58.7 Å². The number of nitrogens with zero attached hydrogens (tertiary/aromatic N) is 4. The lowest BCUT2D eigenvalue weighted by atomic mass is 10.1. The number of nitrogens with one attached hydrogen (secondary N) is 1. The van der Waals surface area contributed by atoms with Crippen molar-refractivity contribution in [2.24, 2.45) is 0 Å². The Balaban J connectivity index is 1.78. The maximum atomic E-state index is 13.1. The summed E-state index contributed by atoms with van der Waals surface area (Å²) >= 11 is 0. The van der Waals surface area contributed by atoms with E-state index in [2.05, 4.69) is 15.6 Å². The number of esters is 2. The van der Waals surface area contributed by atoms with Gasteiger partial charge >= 0.3 is 11.9 Å². The lowest BCUT2D eigenvalue weighted by Crippen LogP contribution is -2.43. The van der Waals surface area contributed by atoms with Crippen LogP contribution in [0.4, 0.5) is 4.39 Å². The highest BCUT2D eigenvalue weighted by molar-refractivity contribution is 6.00. The topological polar surface area (TPSA) is 116 Å². The summed E-state index contributed by atoms with van der Waals surface area (Å²) in [5.41, 5.74) is 1.68. The Morgan fingerprint density at radius 1 is 1.14 bits per heavy atom. The molecule has 1 aliphatic heterocycles. The normalized spacial score (nSPS) is 17.6. The SMILES string of the molecule is COC(=O)c1nnn([C@H]2C[C@@H](C(=O)NCCc3ccc(F)cc3)N(CC=C(C)C)C2)c1C(=O)OC. The first kappa shape index (κ1) is 26.0. The molecule has 10 nitrogen and oxygen atoms in total. The van der Waals surface area contributed by atoms with Crippen molar-refractivity contribution in [2.75, 3.05) is 33.9 Å². The van der Waals surface area contributed by atoms with Crippen LogP contribution in [0.5, 0.6) is 0 Å². The van der Waals surface area contributed by atoms with Gasteiger partial charge in [-0.2, -0.15) is 0 Å². The molecule has 1 saturated heterocycles. The third-order valence-corrected chi connectivity index (χ3v) is 5.84. The maximum Gasteiger partial charge on any atom is 0.361 e. The Hall–Kier alpha value is -3.60. The summed E-state index contributed by atoms with van der Waals surface area (Å²) in [6.07, 6.45) is 2.94. The van der Waals surface area contributed by atoms with Gasteiger partial charge in [0.15, 0.2) is 5.69 Å². The zero-order valence-corrected chi connectivity index (χ0v) is 20.3. The molecule has 1 aliphatic rings. The highest BCUT2D eigenvalue weighted by Crippen LogP contribution is 2.29.